The van der Waals surface area contributed by atoms with E-state index in [1.165, 1.54) is 17.8 Å². The van der Waals surface area contributed by atoms with Crippen molar-refractivity contribution in [2.45, 2.75) is 32.3 Å². The maximum absolute atomic E-state index is 10.3. The monoisotopic (exact) mass is 316 g/mol. The van der Waals surface area contributed by atoms with Gasteiger partial charge in [0.1, 0.15) is 0 Å². The molecule has 0 aliphatic carbocycles. The molecular weight excluding hydrogens is 304 g/mol. The van der Waals surface area contributed by atoms with Gasteiger partial charge in [-0.15, -0.1) is 5.10 Å². The van der Waals surface area contributed by atoms with E-state index in [0.717, 1.165) is 15.0 Å². The Kier molecular flexibility index (Phi) is 3.38. The van der Waals surface area contributed by atoms with Crippen molar-refractivity contribution in [2.24, 2.45) is 0 Å². The zero-order chi connectivity index (χ0) is 12.6. The number of hydrogen-bond donors (Lipinski definition) is 1. The van der Waals surface area contributed by atoms with Gasteiger partial charge in [0.25, 0.3) is 0 Å². The van der Waals surface area contributed by atoms with Gasteiger partial charge in [-0.05, 0) is 33.5 Å². The Bertz CT molecular complexity index is 516. The summed E-state index contributed by atoms with van der Waals surface area (Å²) in [5.74, 6) is 0.488. The first-order valence-electron chi connectivity index (χ1n) is 5.15. The van der Waals surface area contributed by atoms with Crippen LogP contribution in [-0.2, 0) is 5.41 Å². The normalized spacial score (nSPS) is 13.9. The molecule has 2 aromatic heterocycles. The van der Waals surface area contributed by atoms with Gasteiger partial charge in [-0.25, -0.2) is 0 Å². The third-order valence-corrected chi connectivity index (χ3v) is 3.80. The largest absolute Gasteiger partial charge is 0.465 e. The van der Waals surface area contributed by atoms with Crippen LogP contribution in [0.15, 0.2) is 21.2 Å². The maximum atomic E-state index is 10.3. The van der Waals surface area contributed by atoms with Crippen LogP contribution in [0.2, 0.25) is 0 Å². The highest BCUT2D eigenvalue weighted by Gasteiger charge is 2.29. The van der Waals surface area contributed by atoms with Gasteiger partial charge in [0.2, 0.25) is 0 Å². The molecule has 1 atom stereocenters. The lowest BCUT2D eigenvalue weighted by Gasteiger charge is -2.18. The summed E-state index contributed by atoms with van der Waals surface area (Å²) in [5.41, 5.74) is 0.654. The number of furan rings is 1. The number of aliphatic hydroxyl groups excluding tert-OH is 1. The molecule has 4 nitrogen and oxygen atoms in total. The summed E-state index contributed by atoms with van der Waals surface area (Å²) < 4.78 is 9.94. The molecule has 6 heteroatoms. The molecule has 2 aromatic rings. The average Bonchev–Trinajstić information content (AvgIpc) is 2.82. The molecule has 0 amide bonds. The summed E-state index contributed by atoms with van der Waals surface area (Å²) in [6, 6.07) is 1.75. The molecule has 0 saturated heterocycles. The van der Waals surface area contributed by atoms with E-state index in [1.54, 1.807) is 6.07 Å². The standard InChI is InChI=1S/C11H13BrN2O2S/c1-11(2,3)10-9(17-14-13-10)7(15)8-6(12)4-5-16-8/h4-5,7,15H,1-3H3. The van der Waals surface area contributed by atoms with Crippen LogP contribution in [0.25, 0.3) is 0 Å². The lowest BCUT2D eigenvalue weighted by Crippen LogP contribution is -2.16. The smallest absolute Gasteiger partial charge is 0.151 e. The third kappa shape index (κ3) is 2.43. The SMILES string of the molecule is CC(C)(C)c1nnsc1C(O)c1occc1Br. The summed E-state index contributed by atoms with van der Waals surface area (Å²) >= 11 is 4.54. The van der Waals surface area contributed by atoms with Crippen molar-refractivity contribution in [3.8, 4) is 0 Å². The summed E-state index contributed by atoms with van der Waals surface area (Å²) in [5, 5.41) is 14.4. The number of rotatable bonds is 2. The number of aromatic nitrogens is 2. The van der Waals surface area contributed by atoms with Crippen molar-refractivity contribution in [2.75, 3.05) is 0 Å². The van der Waals surface area contributed by atoms with Crippen LogP contribution >= 0.6 is 27.5 Å². The molecule has 1 N–H and O–H groups in total. The van der Waals surface area contributed by atoms with Crippen molar-refractivity contribution >= 4 is 27.5 Å². The predicted molar refractivity (Wildman–Crippen MR) is 69.1 cm³/mol. The predicted octanol–water partition coefficient (Wildman–Crippen LogP) is 3.27. The highest BCUT2D eigenvalue weighted by atomic mass is 79.9. The maximum Gasteiger partial charge on any atom is 0.151 e. The summed E-state index contributed by atoms with van der Waals surface area (Å²) in [6.07, 6.45) is 0.710. The molecule has 0 fully saturated rings. The molecule has 1 unspecified atom stereocenters. The molecule has 0 bridgehead atoms. The Hall–Kier alpha value is -0.720. The minimum atomic E-state index is -0.825. The quantitative estimate of drug-likeness (QED) is 0.923. The second-order valence-electron chi connectivity index (χ2n) is 4.77. The summed E-state index contributed by atoms with van der Waals surface area (Å²) in [4.78, 5) is 0.730. The molecule has 0 aliphatic heterocycles. The Morgan fingerprint density at radius 3 is 2.71 bits per heavy atom. The molecule has 17 heavy (non-hydrogen) atoms. The van der Waals surface area contributed by atoms with Gasteiger partial charge in [0.15, 0.2) is 11.9 Å². The van der Waals surface area contributed by atoms with Crippen molar-refractivity contribution < 1.29 is 9.52 Å². The fraction of sp³-hybridized carbons (Fsp3) is 0.455. The van der Waals surface area contributed by atoms with Gasteiger partial charge in [0, 0.05) is 5.41 Å². The van der Waals surface area contributed by atoms with E-state index in [4.69, 9.17) is 4.42 Å². The van der Waals surface area contributed by atoms with Crippen LogP contribution in [-0.4, -0.2) is 14.7 Å². The minimum Gasteiger partial charge on any atom is -0.465 e. The van der Waals surface area contributed by atoms with E-state index < -0.39 is 6.10 Å². The molecule has 0 spiro atoms. The van der Waals surface area contributed by atoms with Crippen LogP contribution in [0.1, 0.15) is 43.2 Å². The van der Waals surface area contributed by atoms with Gasteiger partial charge < -0.3 is 9.52 Å². The Balaban J connectivity index is 2.42. The number of hydrogen-bond acceptors (Lipinski definition) is 5. The van der Waals surface area contributed by atoms with Crippen molar-refractivity contribution in [3.05, 3.63) is 33.1 Å². The van der Waals surface area contributed by atoms with Gasteiger partial charge in [-0.1, -0.05) is 25.3 Å². The van der Waals surface area contributed by atoms with Gasteiger partial charge >= 0.3 is 0 Å². The van der Waals surface area contributed by atoms with Crippen molar-refractivity contribution in [1.29, 1.82) is 0 Å². The molecule has 0 saturated carbocycles. The third-order valence-electron chi connectivity index (χ3n) is 2.37. The Morgan fingerprint density at radius 2 is 2.18 bits per heavy atom. The fourth-order valence-electron chi connectivity index (χ4n) is 1.52. The average molecular weight is 317 g/mol. The van der Waals surface area contributed by atoms with Gasteiger partial charge in [0.05, 0.1) is 21.3 Å². The zero-order valence-corrected chi connectivity index (χ0v) is 12.2. The van der Waals surface area contributed by atoms with Crippen molar-refractivity contribution in [3.63, 3.8) is 0 Å². The number of aliphatic hydroxyl groups is 1. The Labute approximate surface area is 112 Å². The second kappa shape index (κ2) is 4.51. The second-order valence-corrected chi connectivity index (χ2v) is 6.41. The topological polar surface area (TPSA) is 59.2 Å². The van der Waals surface area contributed by atoms with E-state index in [0.29, 0.717) is 5.76 Å². The molecule has 0 aromatic carbocycles. The van der Waals surface area contributed by atoms with E-state index in [9.17, 15) is 5.11 Å². The zero-order valence-electron chi connectivity index (χ0n) is 9.77. The van der Waals surface area contributed by atoms with Crippen LogP contribution in [0.5, 0.6) is 0 Å². The van der Waals surface area contributed by atoms with Crippen molar-refractivity contribution in [1.82, 2.24) is 9.59 Å². The van der Waals surface area contributed by atoms with Crippen LogP contribution < -0.4 is 0 Å². The van der Waals surface area contributed by atoms with Crippen LogP contribution in [0, 0.1) is 0 Å². The minimum absolute atomic E-state index is 0.150. The first kappa shape index (κ1) is 12.7. The van der Waals surface area contributed by atoms with Gasteiger partial charge in [-0.3, -0.25) is 0 Å². The lowest BCUT2D eigenvalue weighted by atomic mass is 9.90. The molecule has 2 heterocycles. The number of halogens is 1. The molecular formula is C11H13BrN2O2S. The van der Waals surface area contributed by atoms with E-state index in [1.807, 2.05) is 20.8 Å². The molecule has 2 rings (SSSR count). The summed E-state index contributed by atoms with van der Waals surface area (Å²) in [7, 11) is 0. The fourth-order valence-corrected chi connectivity index (χ4v) is 2.79. The molecule has 0 radical (unpaired) electrons. The number of nitrogens with zero attached hydrogens (tertiary/aromatic N) is 2. The highest BCUT2D eigenvalue weighted by Crippen LogP contribution is 2.36. The lowest BCUT2D eigenvalue weighted by molar-refractivity contribution is 0.189. The Morgan fingerprint density at radius 1 is 1.47 bits per heavy atom. The summed E-state index contributed by atoms with van der Waals surface area (Å²) in [6.45, 7) is 6.12. The van der Waals surface area contributed by atoms with E-state index in [-0.39, 0.29) is 5.41 Å². The first-order valence-corrected chi connectivity index (χ1v) is 6.71. The molecule has 92 valence electrons. The van der Waals surface area contributed by atoms with E-state index >= 15 is 0 Å². The first-order chi connectivity index (χ1) is 7.91. The van der Waals surface area contributed by atoms with Gasteiger partial charge in [-0.2, -0.15) is 0 Å². The van der Waals surface area contributed by atoms with Crippen LogP contribution in [0.3, 0.4) is 0 Å². The van der Waals surface area contributed by atoms with E-state index in [2.05, 4.69) is 25.5 Å². The highest BCUT2D eigenvalue weighted by molar-refractivity contribution is 9.10. The molecule has 0 aliphatic rings. The van der Waals surface area contributed by atoms with Crippen LogP contribution in [0.4, 0.5) is 0 Å².